The number of hydrogen-bond acceptors (Lipinski definition) is 0. The Hall–Kier alpha value is -0.747. The van der Waals surface area contributed by atoms with Crippen LogP contribution in [0, 0.1) is 0 Å². The summed E-state index contributed by atoms with van der Waals surface area (Å²) in [5.41, 5.74) is 6.00. The second kappa shape index (κ2) is 8.09. The summed E-state index contributed by atoms with van der Waals surface area (Å²) in [5.74, 6) is 0. The molecule has 2 aromatic carbocycles. The smallest absolute Gasteiger partial charge is 1.00 e. The van der Waals surface area contributed by atoms with Crippen LogP contribution in [0.4, 0.5) is 0 Å². The van der Waals surface area contributed by atoms with Gasteiger partial charge in [0.05, 0.1) is 0 Å². The molecule has 0 saturated heterocycles. The molecule has 2 aliphatic rings. The van der Waals surface area contributed by atoms with E-state index < -0.39 is 21.3 Å². The van der Waals surface area contributed by atoms with Crippen molar-refractivity contribution in [3.05, 3.63) is 82.9 Å². The van der Waals surface area contributed by atoms with E-state index in [9.17, 15) is 0 Å². The average Bonchev–Trinajstić information content (AvgIpc) is 3.13. The van der Waals surface area contributed by atoms with E-state index in [1.165, 1.54) is 11.1 Å². The summed E-state index contributed by atoms with van der Waals surface area (Å²) >= 11 is -1.84. The minimum absolute atomic E-state index is 0. The molecule has 0 spiro atoms. The number of halogens is 2. The van der Waals surface area contributed by atoms with Crippen LogP contribution in [0.15, 0.2) is 60.7 Å². The Kier molecular flexibility index (Phi) is 6.60. The van der Waals surface area contributed by atoms with Crippen molar-refractivity contribution in [3.63, 3.8) is 0 Å². The van der Waals surface area contributed by atoms with Crippen molar-refractivity contribution < 1.29 is 46.1 Å². The fourth-order valence-corrected chi connectivity index (χ4v) is 12.3. The zero-order valence-corrected chi connectivity index (χ0v) is 17.8. The number of fused-ring (bicyclic) bond motifs is 2. The monoisotopic (exact) mass is 432 g/mol. The van der Waals surface area contributed by atoms with Crippen LogP contribution in [0.5, 0.6) is 0 Å². The molecule has 0 aliphatic heterocycles. The van der Waals surface area contributed by atoms with Crippen LogP contribution in [0.1, 0.15) is 43.4 Å². The van der Waals surface area contributed by atoms with Crippen molar-refractivity contribution in [1.82, 2.24) is 0 Å². The van der Waals surface area contributed by atoms with Crippen molar-refractivity contribution >= 4 is 15.4 Å². The summed E-state index contributed by atoms with van der Waals surface area (Å²) < 4.78 is 3.08. The molecule has 0 saturated carbocycles. The van der Waals surface area contributed by atoms with Crippen LogP contribution in [-0.2, 0) is 21.3 Å². The first-order valence-electron chi connectivity index (χ1n) is 7.97. The Morgan fingerprint density at radius 1 is 0.708 bits per heavy atom. The van der Waals surface area contributed by atoms with Crippen molar-refractivity contribution in [2.24, 2.45) is 0 Å². The summed E-state index contributed by atoms with van der Waals surface area (Å²) in [6.45, 7) is 4.75. The van der Waals surface area contributed by atoms with Crippen LogP contribution in [0.3, 0.4) is 0 Å². The van der Waals surface area contributed by atoms with Gasteiger partial charge < -0.3 is 24.8 Å². The SMILES string of the molecule is C[C](C)=[Zr+2]([CH]1C=Cc2ccccc21)[CH]1C=Cc2ccccc21.[Cl-].[Cl-]. The van der Waals surface area contributed by atoms with Gasteiger partial charge >= 0.3 is 141 Å². The molecule has 2 aromatic rings. The summed E-state index contributed by atoms with van der Waals surface area (Å²) in [4.78, 5) is 0. The second-order valence-electron chi connectivity index (χ2n) is 6.39. The molecular weight excluding hydrogens is 414 g/mol. The number of benzene rings is 2. The van der Waals surface area contributed by atoms with Gasteiger partial charge in [-0.15, -0.1) is 0 Å². The zero-order chi connectivity index (χ0) is 15.1. The largest absolute Gasteiger partial charge is 1.00 e. The van der Waals surface area contributed by atoms with E-state index in [0.717, 1.165) is 0 Å². The third kappa shape index (κ3) is 3.32. The molecule has 2 unspecified atom stereocenters. The van der Waals surface area contributed by atoms with Crippen LogP contribution in [0.2, 0.25) is 0 Å². The van der Waals surface area contributed by atoms with Gasteiger partial charge in [0.25, 0.3) is 0 Å². The fourth-order valence-electron chi connectivity index (χ4n) is 3.86. The van der Waals surface area contributed by atoms with E-state index in [0.29, 0.717) is 7.25 Å². The maximum atomic E-state index is 2.49. The van der Waals surface area contributed by atoms with Gasteiger partial charge in [0.1, 0.15) is 0 Å². The Morgan fingerprint density at radius 3 is 1.54 bits per heavy atom. The minimum Gasteiger partial charge on any atom is -1.00 e. The van der Waals surface area contributed by atoms with E-state index in [1.54, 1.807) is 14.3 Å². The molecule has 122 valence electrons. The van der Waals surface area contributed by atoms with Crippen LogP contribution < -0.4 is 24.8 Å². The molecule has 0 radical (unpaired) electrons. The van der Waals surface area contributed by atoms with E-state index in [-0.39, 0.29) is 24.8 Å². The van der Waals surface area contributed by atoms with E-state index >= 15 is 0 Å². The third-order valence-electron chi connectivity index (χ3n) is 4.85. The third-order valence-corrected chi connectivity index (χ3v) is 13.5. The first-order chi connectivity index (χ1) is 10.8. The van der Waals surface area contributed by atoms with E-state index in [2.05, 4.69) is 86.7 Å². The number of hydrogen-bond donors (Lipinski definition) is 0. The van der Waals surface area contributed by atoms with Gasteiger partial charge in [0.2, 0.25) is 0 Å². The van der Waals surface area contributed by atoms with Crippen LogP contribution >= 0.6 is 0 Å². The van der Waals surface area contributed by atoms with Crippen molar-refractivity contribution in [1.29, 1.82) is 0 Å². The second-order valence-corrected chi connectivity index (χ2v) is 14.1. The molecule has 0 fully saturated rings. The number of rotatable bonds is 2. The molecule has 0 aromatic heterocycles. The predicted octanol–water partition coefficient (Wildman–Crippen LogP) is -0.639. The summed E-state index contributed by atoms with van der Waals surface area (Å²) in [6, 6.07) is 17.9. The van der Waals surface area contributed by atoms with Gasteiger partial charge in [0, 0.05) is 0 Å². The van der Waals surface area contributed by atoms with Gasteiger partial charge in [-0.25, -0.2) is 0 Å². The molecule has 2 aliphatic carbocycles. The van der Waals surface area contributed by atoms with Gasteiger partial charge in [-0.05, 0) is 0 Å². The molecule has 0 N–H and O–H groups in total. The molecular formula is C21H20Cl2Zr. The van der Waals surface area contributed by atoms with Crippen LogP contribution in [-0.4, -0.2) is 3.21 Å². The van der Waals surface area contributed by atoms with Crippen LogP contribution in [0.25, 0.3) is 12.2 Å². The molecule has 0 heterocycles. The van der Waals surface area contributed by atoms with Gasteiger partial charge in [-0.3, -0.25) is 0 Å². The van der Waals surface area contributed by atoms with E-state index in [4.69, 9.17) is 0 Å². The quantitative estimate of drug-likeness (QED) is 0.590. The van der Waals surface area contributed by atoms with Gasteiger partial charge in [-0.2, -0.15) is 0 Å². The summed E-state index contributed by atoms with van der Waals surface area (Å²) in [5, 5.41) is 0. The van der Waals surface area contributed by atoms with Crippen molar-refractivity contribution in [2.75, 3.05) is 0 Å². The standard InChI is InChI=1S/2C9H7.C3H6.2ClH.Zr/c2*1-2-5-9-7-3-6-8(9)4-1;1-3-2;;;/h2*1-7H;1-2H3;2*1H;/q;;;;;+2/p-2. The first kappa shape index (κ1) is 19.6. The fraction of sp³-hybridized carbons (Fsp3) is 0.190. The molecule has 4 rings (SSSR count). The maximum absolute atomic E-state index is 2.49. The van der Waals surface area contributed by atoms with E-state index in [1.807, 2.05) is 0 Å². The predicted molar refractivity (Wildman–Crippen MR) is 92.8 cm³/mol. The first-order valence-corrected chi connectivity index (χ1v) is 12.0. The zero-order valence-electron chi connectivity index (χ0n) is 13.8. The van der Waals surface area contributed by atoms with Gasteiger partial charge in [0.15, 0.2) is 0 Å². The molecule has 24 heavy (non-hydrogen) atoms. The van der Waals surface area contributed by atoms with Gasteiger partial charge in [-0.1, -0.05) is 0 Å². The normalized spacial score (nSPS) is 18.7. The average molecular weight is 435 g/mol. The molecule has 3 heteroatoms. The summed E-state index contributed by atoms with van der Waals surface area (Å²) in [7, 11) is 0. The van der Waals surface area contributed by atoms with Crippen molar-refractivity contribution in [3.8, 4) is 0 Å². The Bertz CT molecular complexity index is 766. The van der Waals surface area contributed by atoms with Crippen molar-refractivity contribution in [2.45, 2.75) is 21.1 Å². The molecule has 0 amide bonds. The topological polar surface area (TPSA) is 0 Å². The Balaban J connectivity index is 0.00000104. The Morgan fingerprint density at radius 2 is 1.12 bits per heavy atom. The number of allylic oxidation sites excluding steroid dienone is 2. The Labute approximate surface area is 164 Å². The molecule has 0 bridgehead atoms. The molecule has 0 nitrogen and oxygen atoms in total. The minimum atomic E-state index is -1.84. The summed E-state index contributed by atoms with van der Waals surface area (Å²) in [6.07, 6.45) is 9.66. The maximum Gasteiger partial charge on any atom is -1.00 e. The molecule has 2 atom stereocenters.